The number of carbonyl (C=O) groups is 1. The molecule has 0 radical (unpaired) electrons. The van der Waals surface area contributed by atoms with Crippen LogP contribution in [0.15, 0.2) is 57.0 Å². The molecule has 6 nitrogen and oxygen atoms in total. The van der Waals surface area contributed by atoms with E-state index in [0.717, 1.165) is 15.2 Å². The highest BCUT2D eigenvalue weighted by molar-refractivity contribution is 8.01. The summed E-state index contributed by atoms with van der Waals surface area (Å²) >= 11 is 3.10. The van der Waals surface area contributed by atoms with Crippen LogP contribution in [-0.4, -0.2) is 31.5 Å². The molecule has 0 fully saturated rings. The minimum absolute atomic E-state index is 0.0827. The van der Waals surface area contributed by atoms with Crippen LogP contribution in [0.25, 0.3) is 5.76 Å². The lowest BCUT2D eigenvalue weighted by molar-refractivity contribution is 0.103. The van der Waals surface area contributed by atoms with Crippen LogP contribution in [0.4, 0.5) is 0 Å². The van der Waals surface area contributed by atoms with Crippen molar-refractivity contribution in [3.8, 4) is 0 Å². The third kappa shape index (κ3) is 3.41. The molecule has 0 saturated carbocycles. The number of allylic oxidation sites excluding steroid dienone is 1. The maximum atomic E-state index is 11.8. The molecule has 0 unspecified atom stereocenters. The average molecular weight is 330 g/mol. The maximum Gasteiger partial charge on any atom is 0.244 e. The Labute approximate surface area is 133 Å². The number of hydrogen-bond acceptors (Lipinski definition) is 7. The smallest absolute Gasteiger partial charge is 0.244 e. The standard InChI is InChI=1S/C14H10N4O2S2/c19-11(7-12(20)14-15-17-18-16-14)9-6-13(21-8-9)22-10-4-2-1-3-5-10/h1-8,19H,(H,15,16,17,18). The maximum absolute atomic E-state index is 11.8. The molecule has 0 spiro atoms. The van der Waals surface area contributed by atoms with Crippen molar-refractivity contribution in [2.24, 2.45) is 0 Å². The minimum atomic E-state index is -0.505. The van der Waals surface area contributed by atoms with E-state index in [9.17, 15) is 9.90 Å². The molecular weight excluding hydrogens is 320 g/mol. The van der Waals surface area contributed by atoms with Crippen LogP contribution in [0.5, 0.6) is 0 Å². The summed E-state index contributed by atoms with van der Waals surface area (Å²) in [5.41, 5.74) is 0.584. The average Bonchev–Trinajstić information content (AvgIpc) is 3.19. The molecule has 0 aliphatic rings. The van der Waals surface area contributed by atoms with Crippen LogP contribution in [0, 0.1) is 0 Å². The molecule has 110 valence electrons. The number of H-pyrrole nitrogens is 1. The van der Waals surface area contributed by atoms with E-state index in [-0.39, 0.29) is 11.6 Å². The zero-order chi connectivity index (χ0) is 15.4. The van der Waals surface area contributed by atoms with Crippen molar-refractivity contribution in [3.63, 3.8) is 0 Å². The fourth-order valence-corrected chi connectivity index (χ4v) is 3.61. The molecule has 2 N–H and O–H groups in total. The number of aliphatic hydroxyl groups is 1. The summed E-state index contributed by atoms with van der Waals surface area (Å²) in [6.45, 7) is 0. The Hall–Kier alpha value is -2.45. The van der Waals surface area contributed by atoms with E-state index < -0.39 is 5.78 Å². The Bertz CT molecular complexity index is 797. The molecule has 2 heterocycles. The van der Waals surface area contributed by atoms with Gasteiger partial charge in [-0.1, -0.05) is 30.0 Å². The number of aromatic nitrogens is 4. The number of rotatable bonds is 5. The second-order valence-electron chi connectivity index (χ2n) is 4.20. The number of tetrazole rings is 1. The van der Waals surface area contributed by atoms with Gasteiger partial charge in [0, 0.05) is 21.9 Å². The molecule has 0 bridgehead atoms. The van der Waals surface area contributed by atoms with Gasteiger partial charge in [-0.05, 0) is 23.4 Å². The zero-order valence-corrected chi connectivity index (χ0v) is 12.8. The second-order valence-corrected chi connectivity index (χ2v) is 6.48. The van der Waals surface area contributed by atoms with E-state index in [1.165, 1.54) is 11.3 Å². The predicted molar refractivity (Wildman–Crippen MR) is 84.0 cm³/mol. The van der Waals surface area contributed by atoms with Crippen LogP contribution >= 0.6 is 23.1 Å². The summed E-state index contributed by atoms with van der Waals surface area (Å²) in [5, 5.41) is 24.4. The van der Waals surface area contributed by atoms with Gasteiger partial charge in [0.15, 0.2) is 0 Å². The number of aromatic amines is 1. The molecule has 0 aliphatic carbocycles. The normalized spacial score (nSPS) is 11.5. The van der Waals surface area contributed by atoms with Crippen molar-refractivity contribution >= 4 is 34.6 Å². The van der Waals surface area contributed by atoms with Crippen LogP contribution in [0.1, 0.15) is 16.2 Å². The highest BCUT2D eigenvalue weighted by Crippen LogP contribution is 2.34. The fraction of sp³-hybridized carbons (Fsp3) is 0. The molecule has 22 heavy (non-hydrogen) atoms. The van der Waals surface area contributed by atoms with Gasteiger partial charge in [0.2, 0.25) is 11.6 Å². The second kappa shape index (κ2) is 6.54. The Morgan fingerprint density at radius 1 is 1.32 bits per heavy atom. The summed E-state index contributed by atoms with van der Waals surface area (Å²) in [5.74, 6) is -0.707. The lowest BCUT2D eigenvalue weighted by Crippen LogP contribution is -1.99. The molecule has 1 aromatic carbocycles. The van der Waals surface area contributed by atoms with E-state index in [2.05, 4.69) is 20.6 Å². The molecule has 2 aromatic heterocycles. The van der Waals surface area contributed by atoms with Crippen LogP contribution < -0.4 is 0 Å². The Morgan fingerprint density at radius 3 is 2.86 bits per heavy atom. The van der Waals surface area contributed by atoms with E-state index in [1.54, 1.807) is 17.1 Å². The fourth-order valence-electron chi connectivity index (χ4n) is 1.65. The summed E-state index contributed by atoms with van der Waals surface area (Å²) < 4.78 is 1.02. The Kier molecular flexibility index (Phi) is 4.31. The van der Waals surface area contributed by atoms with Crippen molar-refractivity contribution in [1.82, 2.24) is 20.6 Å². The molecule has 0 atom stereocenters. The molecular formula is C14H10N4O2S2. The molecule has 8 heteroatoms. The van der Waals surface area contributed by atoms with Gasteiger partial charge in [0.1, 0.15) is 5.76 Å². The van der Waals surface area contributed by atoms with Gasteiger partial charge in [-0.3, -0.25) is 4.79 Å². The lowest BCUT2D eigenvalue weighted by Gasteiger charge is -1.97. The summed E-state index contributed by atoms with van der Waals surface area (Å²) in [4.78, 5) is 12.9. The first kappa shape index (κ1) is 14.5. The number of nitrogens with zero attached hydrogens (tertiary/aromatic N) is 3. The Morgan fingerprint density at radius 2 is 2.14 bits per heavy atom. The molecule has 0 saturated heterocycles. The first-order chi connectivity index (χ1) is 10.7. The predicted octanol–water partition coefficient (Wildman–Crippen LogP) is 3.19. The van der Waals surface area contributed by atoms with Gasteiger partial charge in [-0.2, -0.15) is 5.21 Å². The number of aliphatic hydroxyl groups excluding tert-OH is 1. The minimum Gasteiger partial charge on any atom is -0.507 e. The first-order valence-corrected chi connectivity index (χ1v) is 7.92. The largest absolute Gasteiger partial charge is 0.507 e. The highest BCUT2D eigenvalue weighted by Gasteiger charge is 2.12. The number of thiophene rings is 1. The van der Waals surface area contributed by atoms with Crippen molar-refractivity contribution in [1.29, 1.82) is 0 Å². The topological polar surface area (TPSA) is 91.8 Å². The number of ketones is 1. The van der Waals surface area contributed by atoms with Crippen molar-refractivity contribution in [2.45, 2.75) is 9.10 Å². The van der Waals surface area contributed by atoms with Gasteiger partial charge >= 0.3 is 0 Å². The van der Waals surface area contributed by atoms with Gasteiger partial charge < -0.3 is 5.11 Å². The van der Waals surface area contributed by atoms with Gasteiger partial charge in [0.25, 0.3) is 0 Å². The van der Waals surface area contributed by atoms with E-state index >= 15 is 0 Å². The van der Waals surface area contributed by atoms with Crippen LogP contribution in [0.2, 0.25) is 0 Å². The van der Waals surface area contributed by atoms with E-state index in [4.69, 9.17) is 0 Å². The number of carbonyl (C=O) groups excluding carboxylic acids is 1. The zero-order valence-electron chi connectivity index (χ0n) is 11.1. The van der Waals surface area contributed by atoms with Crippen LogP contribution in [0.3, 0.4) is 0 Å². The summed E-state index contributed by atoms with van der Waals surface area (Å²) in [7, 11) is 0. The van der Waals surface area contributed by atoms with Crippen molar-refractivity contribution in [2.75, 3.05) is 0 Å². The monoisotopic (exact) mass is 330 g/mol. The first-order valence-electron chi connectivity index (χ1n) is 6.22. The third-order valence-electron chi connectivity index (χ3n) is 2.67. The summed E-state index contributed by atoms with van der Waals surface area (Å²) in [6.07, 6.45) is 1.09. The molecule has 0 amide bonds. The number of benzene rings is 1. The van der Waals surface area contributed by atoms with Crippen LogP contribution in [-0.2, 0) is 0 Å². The summed E-state index contributed by atoms with van der Waals surface area (Å²) in [6, 6.07) is 11.8. The molecule has 3 rings (SSSR count). The van der Waals surface area contributed by atoms with Gasteiger partial charge in [0.05, 0.1) is 4.21 Å². The van der Waals surface area contributed by atoms with E-state index in [1.807, 2.05) is 36.4 Å². The molecule has 3 aromatic rings. The molecule has 0 aliphatic heterocycles. The van der Waals surface area contributed by atoms with Gasteiger partial charge in [-0.25, -0.2) is 0 Å². The van der Waals surface area contributed by atoms with Crippen molar-refractivity contribution < 1.29 is 9.90 Å². The van der Waals surface area contributed by atoms with E-state index in [0.29, 0.717) is 5.56 Å². The number of nitrogens with one attached hydrogen (secondary N) is 1. The van der Waals surface area contributed by atoms with Crippen molar-refractivity contribution in [3.05, 3.63) is 59.2 Å². The third-order valence-corrected chi connectivity index (χ3v) is 4.75. The lowest BCUT2D eigenvalue weighted by atomic mass is 10.2. The highest BCUT2D eigenvalue weighted by atomic mass is 32.2. The van der Waals surface area contributed by atoms with Gasteiger partial charge in [-0.15, -0.1) is 21.5 Å². The SMILES string of the molecule is O=C(C=C(O)c1csc(Sc2ccccc2)c1)c1nn[nH]n1. The Balaban J connectivity index is 1.74. The number of hydrogen-bond donors (Lipinski definition) is 2. The quantitative estimate of drug-likeness (QED) is 0.424.